The van der Waals surface area contributed by atoms with Gasteiger partial charge in [-0.25, -0.2) is 8.99 Å². The Morgan fingerprint density at radius 2 is 1.45 bits per heavy atom. The molecule has 5 rings (SSSR count). The van der Waals surface area contributed by atoms with Gasteiger partial charge in [0, 0.05) is 34.0 Å². The molecule has 2 aliphatic rings. The third kappa shape index (κ3) is 5.37. The van der Waals surface area contributed by atoms with E-state index in [0.29, 0.717) is 60.5 Å². The Hall–Kier alpha value is -3.12. The minimum atomic E-state index is -9.71. The second-order valence-electron chi connectivity index (χ2n) is 9.79. The van der Waals surface area contributed by atoms with Crippen molar-refractivity contribution in [2.24, 2.45) is 0 Å². The van der Waals surface area contributed by atoms with Gasteiger partial charge < -0.3 is 10.6 Å². The number of amides is 1. The first-order valence-corrected chi connectivity index (χ1v) is 15.6. The molecule has 1 aliphatic carbocycles. The molecule has 0 saturated heterocycles. The molecule has 0 spiro atoms. The molecule has 3 aromatic carbocycles. The lowest BCUT2D eigenvalue weighted by Gasteiger charge is -2.40. The van der Waals surface area contributed by atoms with Crippen LogP contribution in [0, 0.1) is 4.78 Å². The standard InChI is InChI=1S/C26H26F5N3O2S2/c27-38(28,29,30,31)24-13-7-21(8-14-24)34-20-5-11-23(12-6-20)37(32,36)22-9-3-17(4-10-22)18-1-2-19-16-33-26(35)25(19)15-18/h1-4,7-10,13-15,20,23,32,34H,5-6,11-12,16H2,(H,33,35). The van der Waals surface area contributed by atoms with Crippen LogP contribution in [-0.2, 0) is 16.3 Å². The van der Waals surface area contributed by atoms with Gasteiger partial charge in [-0.1, -0.05) is 43.7 Å². The van der Waals surface area contributed by atoms with Crippen LogP contribution in [0.5, 0.6) is 0 Å². The Kier molecular flexibility index (Phi) is 5.88. The fourth-order valence-corrected chi connectivity index (χ4v) is 7.53. The highest BCUT2D eigenvalue weighted by atomic mass is 32.5. The summed E-state index contributed by atoms with van der Waals surface area (Å²) < 4.78 is 86.7. The number of rotatable bonds is 6. The molecule has 1 atom stereocenters. The van der Waals surface area contributed by atoms with E-state index in [9.17, 15) is 28.4 Å². The lowest BCUT2D eigenvalue weighted by atomic mass is 9.95. The van der Waals surface area contributed by atoms with Crippen LogP contribution in [0.2, 0.25) is 0 Å². The Morgan fingerprint density at radius 1 is 0.842 bits per heavy atom. The van der Waals surface area contributed by atoms with Gasteiger partial charge >= 0.3 is 10.2 Å². The van der Waals surface area contributed by atoms with Crippen molar-refractivity contribution in [3.05, 3.63) is 77.9 Å². The minimum Gasteiger partial charge on any atom is -0.382 e. The number of hydrogen-bond acceptors (Lipinski definition) is 4. The van der Waals surface area contributed by atoms with Crippen molar-refractivity contribution in [3.8, 4) is 11.1 Å². The molecule has 3 aromatic rings. The molecule has 1 amide bonds. The molecule has 1 aliphatic heterocycles. The maximum Gasteiger partial charge on any atom is 0.310 e. The summed E-state index contributed by atoms with van der Waals surface area (Å²) in [4.78, 5) is 10.5. The van der Waals surface area contributed by atoms with E-state index >= 15 is 0 Å². The molecule has 0 radical (unpaired) electrons. The first-order chi connectivity index (χ1) is 17.6. The number of anilines is 1. The zero-order valence-electron chi connectivity index (χ0n) is 20.1. The molecular weight excluding hydrogens is 545 g/mol. The molecule has 1 fully saturated rings. The van der Waals surface area contributed by atoms with Crippen LogP contribution in [0.4, 0.5) is 25.1 Å². The highest BCUT2D eigenvalue weighted by Gasteiger charge is 2.65. The smallest absolute Gasteiger partial charge is 0.310 e. The number of nitrogens with one attached hydrogen (secondary N) is 3. The van der Waals surface area contributed by atoms with Crippen molar-refractivity contribution >= 4 is 31.5 Å². The number of carbonyl (C=O) groups is 1. The fraction of sp³-hybridized carbons (Fsp3) is 0.269. The lowest BCUT2D eigenvalue weighted by molar-refractivity contribution is 0.0965. The van der Waals surface area contributed by atoms with Crippen LogP contribution in [0.3, 0.4) is 0 Å². The molecule has 12 heteroatoms. The van der Waals surface area contributed by atoms with E-state index in [1.54, 1.807) is 24.3 Å². The summed E-state index contributed by atoms with van der Waals surface area (Å²) in [5.41, 5.74) is 3.57. The third-order valence-corrected chi connectivity index (χ3v) is 10.7. The lowest BCUT2D eigenvalue weighted by Crippen LogP contribution is -2.32. The quantitative estimate of drug-likeness (QED) is 0.262. The van der Waals surface area contributed by atoms with Gasteiger partial charge in [0.25, 0.3) is 5.91 Å². The van der Waals surface area contributed by atoms with Crippen LogP contribution in [0.15, 0.2) is 76.5 Å². The van der Waals surface area contributed by atoms with Crippen molar-refractivity contribution in [2.75, 3.05) is 5.32 Å². The first kappa shape index (κ1) is 26.5. The first-order valence-electron chi connectivity index (χ1n) is 12.0. The molecule has 5 nitrogen and oxygen atoms in total. The second kappa shape index (κ2) is 8.44. The maximum absolute atomic E-state index is 13.5. The summed E-state index contributed by atoms with van der Waals surface area (Å²) in [6, 6.07) is 15.2. The fourth-order valence-electron chi connectivity index (χ4n) is 5.02. The maximum atomic E-state index is 13.5. The summed E-state index contributed by atoms with van der Waals surface area (Å²) in [6.45, 7) is 0.510. The van der Waals surface area contributed by atoms with Gasteiger partial charge in [0.15, 0.2) is 0 Å². The van der Waals surface area contributed by atoms with E-state index in [2.05, 4.69) is 10.6 Å². The van der Waals surface area contributed by atoms with E-state index in [1.165, 1.54) is 0 Å². The van der Waals surface area contributed by atoms with E-state index in [-0.39, 0.29) is 17.2 Å². The summed E-state index contributed by atoms with van der Waals surface area (Å²) in [5, 5.41) is 5.46. The average Bonchev–Trinajstić information content (AvgIpc) is 3.23. The largest absolute Gasteiger partial charge is 0.382 e. The van der Waals surface area contributed by atoms with Gasteiger partial charge in [-0.15, -0.1) is 0 Å². The van der Waals surface area contributed by atoms with Crippen LogP contribution >= 0.6 is 10.2 Å². The SMILES string of the molecule is N=S(=O)(c1ccc(-c2ccc3c(c2)C(=O)NC3)cc1)C1CCC(Nc2ccc(S(F)(F)(F)(F)F)cc2)CC1. The predicted molar refractivity (Wildman–Crippen MR) is 140 cm³/mol. The van der Waals surface area contributed by atoms with E-state index in [4.69, 9.17) is 4.78 Å². The Balaban J connectivity index is 1.22. The molecule has 3 N–H and O–H groups in total. The topological polar surface area (TPSA) is 82.0 Å². The van der Waals surface area contributed by atoms with E-state index in [0.717, 1.165) is 28.8 Å². The van der Waals surface area contributed by atoms with Gasteiger partial charge in [0.2, 0.25) is 0 Å². The monoisotopic (exact) mass is 571 g/mol. The highest BCUT2D eigenvalue weighted by Crippen LogP contribution is 3.02. The predicted octanol–water partition coefficient (Wildman–Crippen LogP) is 8.08. The van der Waals surface area contributed by atoms with Gasteiger partial charge in [0.1, 0.15) is 4.90 Å². The Morgan fingerprint density at radius 3 is 2.05 bits per heavy atom. The van der Waals surface area contributed by atoms with Crippen molar-refractivity contribution in [1.29, 1.82) is 4.78 Å². The minimum absolute atomic E-state index is 0.112. The van der Waals surface area contributed by atoms with Gasteiger partial charge in [-0.2, -0.15) is 0 Å². The van der Waals surface area contributed by atoms with Crippen molar-refractivity contribution in [3.63, 3.8) is 0 Å². The molecule has 38 heavy (non-hydrogen) atoms. The van der Waals surface area contributed by atoms with Crippen molar-refractivity contribution < 1.29 is 28.4 Å². The number of fused-ring (bicyclic) bond motifs is 1. The number of benzene rings is 3. The third-order valence-electron chi connectivity index (χ3n) is 7.15. The van der Waals surface area contributed by atoms with Crippen molar-refractivity contribution in [1.82, 2.24) is 5.32 Å². The zero-order chi connectivity index (χ0) is 27.4. The van der Waals surface area contributed by atoms with E-state index in [1.807, 2.05) is 18.2 Å². The number of hydrogen-bond donors (Lipinski definition) is 3. The molecule has 1 unspecified atom stereocenters. The molecule has 0 bridgehead atoms. The van der Waals surface area contributed by atoms with E-state index < -0.39 is 24.8 Å². The normalized spacial score (nSPS) is 22.9. The van der Waals surface area contributed by atoms with Gasteiger partial charge in [-0.05, 0) is 84.8 Å². The van der Waals surface area contributed by atoms with Crippen LogP contribution in [0.1, 0.15) is 41.6 Å². The summed E-state index contributed by atoms with van der Waals surface area (Å²) in [7, 11) is -12.8. The molecule has 204 valence electrons. The van der Waals surface area contributed by atoms with Gasteiger partial charge in [-0.3, -0.25) is 4.79 Å². The average molecular weight is 572 g/mol. The van der Waals surface area contributed by atoms with Crippen molar-refractivity contribution in [2.45, 2.75) is 53.3 Å². The summed E-state index contributed by atoms with van der Waals surface area (Å²) in [5.74, 6) is -0.112. The number of halogens is 5. The molecule has 1 saturated carbocycles. The van der Waals surface area contributed by atoms with Gasteiger partial charge in [0.05, 0.1) is 9.73 Å². The molecular formula is C26H26F5N3O2S2. The Labute approximate surface area is 217 Å². The molecule has 1 heterocycles. The molecule has 0 aromatic heterocycles. The summed E-state index contributed by atoms with van der Waals surface area (Å²) >= 11 is 0. The second-order valence-corrected chi connectivity index (χ2v) is 14.5. The number of carbonyl (C=O) groups excluding carboxylic acids is 1. The zero-order valence-corrected chi connectivity index (χ0v) is 21.7. The summed E-state index contributed by atoms with van der Waals surface area (Å²) in [6.07, 6.45) is 2.04. The highest BCUT2D eigenvalue weighted by molar-refractivity contribution is 8.45. The van der Waals surface area contributed by atoms with Crippen LogP contribution in [-0.4, -0.2) is 21.4 Å². The van der Waals surface area contributed by atoms with Crippen LogP contribution < -0.4 is 10.6 Å². The van der Waals surface area contributed by atoms with Crippen LogP contribution in [0.25, 0.3) is 11.1 Å². The Bertz CT molecular complexity index is 1500.